The van der Waals surface area contributed by atoms with Gasteiger partial charge in [-0.15, -0.1) is 11.3 Å². The fourth-order valence-electron chi connectivity index (χ4n) is 2.82. The molecule has 0 saturated carbocycles. The third kappa shape index (κ3) is 3.09. The maximum Gasteiger partial charge on any atom is 0.185 e. The summed E-state index contributed by atoms with van der Waals surface area (Å²) in [5.41, 5.74) is 8.03. The zero-order valence-corrected chi connectivity index (χ0v) is 12.9. The Hall–Kier alpha value is -1.46. The largest absolute Gasteiger partial charge is 0.348 e. The van der Waals surface area contributed by atoms with Crippen LogP contribution >= 0.6 is 11.3 Å². The average Bonchev–Trinajstić information content (AvgIpc) is 2.98. The van der Waals surface area contributed by atoms with E-state index in [0.29, 0.717) is 12.0 Å². The molecule has 1 aliphatic rings. The summed E-state index contributed by atoms with van der Waals surface area (Å²) in [5, 5.41) is 3.08. The van der Waals surface area contributed by atoms with Crippen molar-refractivity contribution in [2.75, 3.05) is 18.0 Å². The van der Waals surface area contributed by atoms with Crippen molar-refractivity contribution in [2.45, 2.75) is 25.8 Å². The highest BCUT2D eigenvalue weighted by molar-refractivity contribution is 7.14. The lowest BCUT2D eigenvalue weighted by Crippen LogP contribution is -2.46. The van der Waals surface area contributed by atoms with E-state index in [1.165, 1.54) is 12.1 Å². The number of anilines is 1. The lowest BCUT2D eigenvalue weighted by atomic mass is 9.91. The molecular weight excluding hydrogens is 285 g/mol. The van der Waals surface area contributed by atoms with Gasteiger partial charge in [0.1, 0.15) is 5.82 Å². The minimum absolute atomic E-state index is 0.218. The number of rotatable bonds is 3. The van der Waals surface area contributed by atoms with E-state index in [-0.39, 0.29) is 5.82 Å². The normalized spacial score (nSPS) is 22.5. The highest BCUT2D eigenvalue weighted by Crippen LogP contribution is 2.30. The molecular formula is C16H20FN3S. The summed E-state index contributed by atoms with van der Waals surface area (Å²) in [6, 6.07) is 6.80. The molecule has 2 N–H and O–H groups in total. The number of hydrogen-bond donors (Lipinski definition) is 1. The summed E-state index contributed by atoms with van der Waals surface area (Å²) in [4.78, 5) is 7.04. The van der Waals surface area contributed by atoms with Gasteiger partial charge in [0, 0.05) is 30.1 Å². The van der Waals surface area contributed by atoms with E-state index in [9.17, 15) is 4.39 Å². The van der Waals surface area contributed by atoms with Gasteiger partial charge in [0.25, 0.3) is 0 Å². The number of piperidine rings is 1. The van der Waals surface area contributed by atoms with Crippen LogP contribution in [0.15, 0.2) is 29.6 Å². The Bertz CT molecular complexity index is 596. The van der Waals surface area contributed by atoms with E-state index in [2.05, 4.69) is 11.8 Å². The van der Waals surface area contributed by atoms with Crippen LogP contribution < -0.4 is 10.6 Å². The van der Waals surface area contributed by atoms with Crippen molar-refractivity contribution in [1.29, 1.82) is 0 Å². The first-order valence-electron chi connectivity index (χ1n) is 7.39. The molecule has 3 rings (SSSR count). The van der Waals surface area contributed by atoms with Crippen LogP contribution in [0.25, 0.3) is 11.3 Å². The number of benzene rings is 1. The molecule has 1 aliphatic heterocycles. The van der Waals surface area contributed by atoms with Crippen molar-refractivity contribution in [3.8, 4) is 11.3 Å². The van der Waals surface area contributed by atoms with Gasteiger partial charge in [-0.1, -0.05) is 13.3 Å². The maximum atomic E-state index is 13.0. The molecule has 0 bridgehead atoms. The van der Waals surface area contributed by atoms with E-state index in [1.807, 2.05) is 5.38 Å². The highest BCUT2D eigenvalue weighted by atomic mass is 32.1. The quantitative estimate of drug-likeness (QED) is 0.943. The minimum atomic E-state index is -0.218. The van der Waals surface area contributed by atoms with Crippen molar-refractivity contribution < 1.29 is 4.39 Å². The molecule has 2 unspecified atom stereocenters. The van der Waals surface area contributed by atoms with Gasteiger partial charge in [-0.3, -0.25) is 0 Å². The predicted molar refractivity (Wildman–Crippen MR) is 86.1 cm³/mol. The summed E-state index contributed by atoms with van der Waals surface area (Å²) in [5.74, 6) is 0.321. The molecule has 0 spiro atoms. The van der Waals surface area contributed by atoms with Gasteiger partial charge in [0.15, 0.2) is 5.13 Å². The van der Waals surface area contributed by atoms with Gasteiger partial charge >= 0.3 is 0 Å². The monoisotopic (exact) mass is 305 g/mol. The van der Waals surface area contributed by atoms with E-state index in [4.69, 9.17) is 10.7 Å². The zero-order valence-electron chi connectivity index (χ0n) is 12.1. The van der Waals surface area contributed by atoms with E-state index >= 15 is 0 Å². The maximum absolute atomic E-state index is 13.0. The summed E-state index contributed by atoms with van der Waals surface area (Å²) in [7, 11) is 0. The smallest absolute Gasteiger partial charge is 0.185 e. The molecule has 112 valence electrons. The van der Waals surface area contributed by atoms with E-state index in [1.54, 1.807) is 23.5 Å². The number of thiazole rings is 1. The van der Waals surface area contributed by atoms with Gasteiger partial charge in [0.05, 0.1) is 5.69 Å². The van der Waals surface area contributed by atoms with Gasteiger partial charge in [-0.25, -0.2) is 9.37 Å². The SMILES string of the molecule is CCC1CN(c2nc(-c3ccc(F)cc3)cs2)CCC1N. The molecule has 2 atom stereocenters. The number of halogens is 1. The lowest BCUT2D eigenvalue weighted by molar-refractivity contribution is 0.348. The third-order valence-electron chi connectivity index (χ3n) is 4.22. The number of hydrogen-bond acceptors (Lipinski definition) is 4. The molecule has 1 fully saturated rings. The molecule has 0 aliphatic carbocycles. The van der Waals surface area contributed by atoms with Crippen LogP contribution in [0, 0.1) is 11.7 Å². The van der Waals surface area contributed by atoms with Crippen molar-refractivity contribution in [2.24, 2.45) is 11.7 Å². The second-order valence-electron chi connectivity index (χ2n) is 5.59. The Kier molecular flexibility index (Phi) is 4.22. The number of aromatic nitrogens is 1. The number of nitrogens with two attached hydrogens (primary N) is 1. The first-order chi connectivity index (χ1) is 10.2. The first kappa shape index (κ1) is 14.5. The second-order valence-corrected chi connectivity index (χ2v) is 6.43. The molecule has 21 heavy (non-hydrogen) atoms. The van der Waals surface area contributed by atoms with E-state index < -0.39 is 0 Å². The Morgan fingerprint density at radius 2 is 2.14 bits per heavy atom. The fourth-order valence-corrected chi connectivity index (χ4v) is 3.69. The van der Waals surface area contributed by atoms with Crippen LogP contribution in [-0.2, 0) is 0 Å². The average molecular weight is 305 g/mol. The van der Waals surface area contributed by atoms with E-state index in [0.717, 1.165) is 42.3 Å². The Labute approximate surface area is 128 Å². The molecule has 0 radical (unpaired) electrons. The number of nitrogens with zero attached hydrogens (tertiary/aromatic N) is 2. The standard InChI is InChI=1S/C16H20FN3S/c1-2-11-9-20(8-7-14(11)18)16-19-15(10-21-16)12-3-5-13(17)6-4-12/h3-6,10-11,14H,2,7-9,18H2,1H3. The van der Waals surface area contributed by atoms with Crippen molar-refractivity contribution in [3.05, 3.63) is 35.5 Å². The van der Waals surface area contributed by atoms with Gasteiger partial charge in [-0.2, -0.15) is 0 Å². The van der Waals surface area contributed by atoms with Crippen LogP contribution in [0.5, 0.6) is 0 Å². The third-order valence-corrected chi connectivity index (χ3v) is 5.12. The van der Waals surface area contributed by atoms with Gasteiger partial charge in [0.2, 0.25) is 0 Å². The van der Waals surface area contributed by atoms with Crippen LogP contribution in [-0.4, -0.2) is 24.1 Å². The molecule has 3 nitrogen and oxygen atoms in total. The minimum Gasteiger partial charge on any atom is -0.348 e. The molecule has 1 saturated heterocycles. The summed E-state index contributed by atoms with van der Waals surface area (Å²) in [6.45, 7) is 4.14. The zero-order chi connectivity index (χ0) is 14.8. The van der Waals surface area contributed by atoms with Crippen LogP contribution in [0.2, 0.25) is 0 Å². The fraction of sp³-hybridized carbons (Fsp3) is 0.438. The molecule has 5 heteroatoms. The predicted octanol–water partition coefficient (Wildman–Crippen LogP) is 3.51. The summed E-state index contributed by atoms with van der Waals surface area (Å²) < 4.78 is 13.0. The first-order valence-corrected chi connectivity index (χ1v) is 8.27. The molecule has 2 heterocycles. The molecule has 1 aromatic heterocycles. The van der Waals surface area contributed by atoms with Crippen LogP contribution in [0.4, 0.5) is 9.52 Å². The highest BCUT2D eigenvalue weighted by Gasteiger charge is 2.26. The lowest BCUT2D eigenvalue weighted by Gasteiger charge is -2.36. The van der Waals surface area contributed by atoms with Gasteiger partial charge < -0.3 is 10.6 Å². The summed E-state index contributed by atoms with van der Waals surface area (Å²) in [6.07, 6.45) is 2.12. The topological polar surface area (TPSA) is 42.2 Å². The second kappa shape index (κ2) is 6.12. The van der Waals surface area contributed by atoms with Crippen molar-refractivity contribution >= 4 is 16.5 Å². The van der Waals surface area contributed by atoms with Crippen LogP contribution in [0.3, 0.4) is 0 Å². The van der Waals surface area contributed by atoms with Crippen molar-refractivity contribution in [3.63, 3.8) is 0 Å². The molecule has 1 aromatic carbocycles. The molecule has 0 amide bonds. The molecule has 2 aromatic rings. The van der Waals surface area contributed by atoms with Crippen LogP contribution in [0.1, 0.15) is 19.8 Å². The van der Waals surface area contributed by atoms with Crippen molar-refractivity contribution in [1.82, 2.24) is 4.98 Å². The Morgan fingerprint density at radius 3 is 2.86 bits per heavy atom. The Balaban J connectivity index is 1.77. The van der Waals surface area contributed by atoms with Gasteiger partial charge in [-0.05, 0) is 36.6 Å². The summed E-state index contributed by atoms with van der Waals surface area (Å²) >= 11 is 1.65. The Morgan fingerprint density at radius 1 is 1.38 bits per heavy atom.